The molecule has 2 N–H and O–H groups in total. The maximum atomic E-state index is 10.9. The van der Waals surface area contributed by atoms with Crippen LogP contribution in [0, 0.1) is 24.2 Å². The van der Waals surface area contributed by atoms with Gasteiger partial charge in [0.05, 0.1) is 6.10 Å². The van der Waals surface area contributed by atoms with E-state index in [0.717, 1.165) is 45.1 Å². The molecule has 1 aromatic carbocycles. The first kappa shape index (κ1) is 22.2. The molecule has 1 heterocycles. The first-order valence-electron chi connectivity index (χ1n) is 12.7. The zero-order valence-electron chi connectivity index (χ0n) is 20.1. The highest BCUT2D eigenvalue weighted by atomic mass is 16.5. The molecular weight excluding hydrogens is 398 g/mol. The third kappa shape index (κ3) is 3.45. The van der Waals surface area contributed by atoms with Crippen molar-refractivity contribution in [1.29, 1.82) is 0 Å². The third-order valence-corrected chi connectivity index (χ3v) is 9.63. The lowest BCUT2D eigenvalue weighted by atomic mass is 9.57. The van der Waals surface area contributed by atoms with E-state index in [2.05, 4.69) is 51.2 Å². The van der Waals surface area contributed by atoms with E-state index in [9.17, 15) is 9.90 Å². The summed E-state index contributed by atoms with van der Waals surface area (Å²) in [5.41, 5.74) is 7.68. The molecule has 174 valence electrons. The Morgan fingerprint density at radius 1 is 1.31 bits per heavy atom. The van der Waals surface area contributed by atoms with Gasteiger partial charge in [-0.25, -0.2) is 0 Å². The van der Waals surface area contributed by atoms with Crippen LogP contribution < -0.4 is 5.32 Å². The van der Waals surface area contributed by atoms with Gasteiger partial charge in [0, 0.05) is 12.5 Å². The molecule has 1 aliphatic heterocycles. The van der Waals surface area contributed by atoms with Crippen molar-refractivity contribution in [2.24, 2.45) is 17.3 Å². The first-order valence-corrected chi connectivity index (χ1v) is 12.7. The number of aliphatic hydroxyl groups excluding tert-OH is 1. The van der Waals surface area contributed by atoms with Crippen molar-refractivity contribution in [3.63, 3.8) is 0 Å². The lowest BCUT2D eigenvalue weighted by molar-refractivity contribution is -0.135. The molecule has 4 nitrogen and oxygen atoms in total. The number of carbonyl (C=O) groups excluding carboxylic acids is 1. The maximum Gasteiger partial charge on any atom is 0.293 e. The van der Waals surface area contributed by atoms with Crippen molar-refractivity contribution in [3.05, 3.63) is 46.0 Å². The number of hydrogen-bond acceptors (Lipinski definition) is 4. The molecular formula is C28H39NO3. The molecule has 0 aromatic heterocycles. The minimum Gasteiger partial charge on any atom is -0.464 e. The SMILES string of the molecule is Cc1c([C@H](C)[C@@H]2NC[C@@H](C)C[C@H]2O)ccc2c1C[C@H]1[C@H]2CC=C2C[C@@H](OC=O)CC[C@@]21C. The number of fused-ring (bicyclic) bond motifs is 5. The molecule has 1 saturated heterocycles. The van der Waals surface area contributed by atoms with Gasteiger partial charge in [0.1, 0.15) is 6.10 Å². The largest absolute Gasteiger partial charge is 0.464 e. The number of piperidine rings is 1. The van der Waals surface area contributed by atoms with E-state index >= 15 is 0 Å². The van der Waals surface area contributed by atoms with Gasteiger partial charge in [0.15, 0.2) is 0 Å². The summed E-state index contributed by atoms with van der Waals surface area (Å²) in [6.07, 6.45) is 8.35. The molecule has 0 unspecified atom stereocenters. The summed E-state index contributed by atoms with van der Waals surface area (Å²) < 4.78 is 5.34. The van der Waals surface area contributed by atoms with Crippen LogP contribution in [-0.2, 0) is 16.0 Å². The molecule has 4 heteroatoms. The van der Waals surface area contributed by atoms with Gasteiger partial charge < -0.3 is 15.2 Å². The maximum absolute atomic E-state index is 10.9. The Labute approximate surface area is 192 Å². The molecule has 32 heavy (non-hydrogen) atoms. The van der Waals surface area contributed by atoms with Crippen LogP contribution in [0.5, 0.6) is 0 Å². The van der Waals surface area contributed by atoms with Crippen LogP contribution in [0.2, 0.25) is 0 Å². The second-order valence-corrected chi connectivity index (χ2v) is 11.4. The van der Waals surface area contributed by atoms with Crippen molar-refractivity contribution in [3.8, 4) is 0 Å². The summed E-state index contributed by atoms with van der Waals surface area (Å²) in [4.78, 5) is 10.9. The minimum absolute atomic E-state index is 0.0541. The van der Waals surface area contributed by atoms with Crippen molar-refractivity contribution < 1.29 is 14.6 Å². The number of nitrogens with one attached hydrogen (secondary N) is 1. The Morgan fingerprint density at radius 2 is 2.12 bits per heavy atom. The van der Waals surface area contributed by atoms with Gasteiger partial charge in [-0.3, -0.25) is 4.79 Å². The molecule has 0 bridgehead atoms. The van der Waals surface area contributed by atoms with Crippen LogP contribution in [0.1, 0.15) is 87.0 Å². The molecule has 3 aliphatic carbocycles. The predicted octanol–water partition coefficient (Wildman–Crippen LogP) is 4.78. The summed E-state index contributed by atoms with van der Waals surface area (Å²) in [7, 11) is 0. The van der Waals surface area contributed by atoms with Crippen LogP contribution in [0.3, 0.4) is 0 Å². The fraction of sp³-hybridized carbons (Fsp3) is 0.679. The van der Waals surface area contributed by atoms with E-state index in [1.165, 1.54) is 16.7 Å². The molecule has 0 spiro atoms. The highest BCUT2D eigenvalue weighted by Crippen LogP contribution is 2.60. The highest BCUT2D eigenvalue weighted by molar-refractivity contribution is 5.50. The number of allylic oxidation sites excluding steroid dienone is 1. The molecule has 1 aromatic rings. The van der Waals surface area contributed by atoms with E-state index < -0.39 is 0 Å². The Balaban J connectivity index is 1.41. The average Bonchev–Trinajstić information content (AvgIpc) is 3.15. The Kier molecular flexibility index (Phi) is 5.74. The third-order valence-electron chi connectivity index (χ3n) is 9.63. The monoisotopic (exact) mass is 437 g/mol. The summed E-state index contributed by atoms with van der Waals surface area (Å²) in [5.74, 6) is 2.07. The van der Waals surface area contributed by atoms with Gasteiger partial charge in [-0.15, -0.1) is 0 Å². The molecule has 2 fully saturated rings. The van der Waals surface area contributed by atoms with Gasteiger partial charge in [-0.05, 0) is 96.9 Å². The second-order valence-electron chi connectivity index (χ2n) is 11.4. The topological polar surface area (TPSA) is 58.6 Å². The van der Waals surface area contributed by atoms with Crippen LogP contribution >= 0.6 is 0 Å². The number of ether oxygens (including phenoxy) is 1. The number of hydrogen-bond donors (Lipinski definition) is 2. The summed E-state index contributed by atoms with van der Waals surface area (Å²) in [5, 5.41) is 14.4. The van der Waals surface area contributed by atoms with Crippen LogP contribution in [0.4, 0.5) is 0 Å². The Morgan fingerprint density at radius 3 is 2.88 bits per heavy atom. The zero-order chi connectivity index (χ0) is 22.6. The van der Waals surface area contributed by atoms with E-state index in [1.54, 1.807) is 11.1 Å². The number of benzene rings is 1. The standard InChI is InChI=1S/C28H39NO3/c1-16-11-26(31)27(29-14-16)18(3)21-7-8-22-23-6-5-19-12-20(32-15-30)9-10-28(19,4)25(23)13-24(22)17(21)2/h5,7-8,15-16,18,20,23,25-27,29,31H,6,9-14H2,1-4H3/t16-,18-,20-,23-,25-,26+,27-,28-/m0/s1. The number of rotatable bonds is 4. The summed E-state index contributed by atoms with van der Waals surface area (Å²) in [6.45, 7) is 10.9. The lowest BCUT2D eigenvalue weighted by Gasteiger charge is -2.48. The van der Waals surface area contributed by atoms with E-state index in [-0.39, 0.29) is 23.7 Å². The van der Waals surface area contributed by atoms with Crippen molar-refractivity contribution >= 4 is 6.47 Å². The van der Waals surface area contributed by atoms with Gasteiger partial charge >= 0.3 is 0 Å². The molecule has 4 aliphatic rings. The molecule has 8 atom stereocenters. The van der Waals surface area contributed by atoms with Gasteiger partial charge in [-0.2, -0.15) is 0 Å². The van der Waals surface area contributed by atoms with Crippen LogP contribution in [0.25, 0.3) is 0 Å². The molecule has 1 saturated carbocycles. The van der Waals surface area contributed by atoms with Crippen molar-refractivity contribution in [2.75, 3.05) is 6.54 Å². The summed E-state index contributed by atoms with van der Waals surface area (Å²) >= 11 is 0. The van der Waals surface area contributed by atoms with Crippen molar-refractivity contribution in [2.45, 2.75) is 96.3 Å². The Hall–Kier alpha value is -1.65. The van der Waals surface area contributed by atoms with Gasteiger partial charge in [0.2, 0.25) is 0 Å². The van der Waals surface area contributed by atoms with Crippen molar-refractivity contribution in [1.82, 2.24) is 5.32 Å². The van der Waals surface area contributed by atoms with E-state index in [1.807, 2.05) is 0 Å². The van der Waals surface area contributed by atoms with Gasteiger partial charge in [-0.1, -0.05) is 44.6 Å². The number of aliphatic hydroxyl groups is 1. The molecule has 0 radical (unpaired) electrons. The Bertz CT molecular complexity index is 923. The predicted molar refractivity (Wildman–Crippen MR) is 127 cm³/mol. The molecule has 5 rings (SSSR count). The smallest absolute Gasteiger partial charge is 0.293 e. The second kappa shape index (κ2) is 8.29. The first-order chi connectivity index (χ1) is 15.3. The fourth-order valence-corrected chi connectivity index (χ4v) is 7.67. The molecule has 0 amide bonds. The quantitative estimate of drug-likeness (QED) is 0.526. The zero-order valence-corrected chi connectivity index (χ0v) is 20.1. The average molecular weight is 438 g/mol. The summed E-state index contributed by atoms with van der Waals surface area (Å²) in [6, 6.07) is 4.88. The number of carbonyl (C=O) groups is 1. The van der Waals surface area contributed by atoms with Gasteiger partial charge in [0.25, 0.3) is 6.47 Å². The van der Waals surface area contributed by atoms with E-state index in [4.69, 9.17) is 4.74 Å². The van der Waals surface area contributed by atoms with Crippen LogP contribution in [-0.4, -0.2) is 36.4 Å². The lowest BCUT2D eigenvalue weighted by Crippen LogP contribution is -2.50. The minimum atomic E-state index is -0.279. The normalized spacial score (nSPS) is 39.3. The highest BCUT2D eigenvalue weighted by Gasteiger charge is 2.50. The van der Waals surface area contributed by atoms with Crippen LogP contribution in [0.15, 0.2) is 23.8 Å². The van der Waals surface area contributed by atoms with E-state index in [0.29, 0.717) is 30.1 Å². The fourth-order valence-electron chi connectivity index (χ4n) is 7.67.